The molecule has 0 spiro atoms. The largest absolute Gasteiger partial charge is 0.459 e. The van der Waals surface area contributed by atoms with Crippen LogP contribution in [0.25, 0.3) is 0 Å². The van der Waals surface area contributed by atoms with Crippen LogP contribution in [-0.4, -0.2) is 58.4 Å². The van der Waals surface area contributed by atoms with Crippen molar-refractivity contribution in [3.8, 4) is 0 Å². The van der Waals surface area contributed by atoms with E-state index in [1.54, 1.807) is 0 Å². The highest BCUT2D eigenvalue weighted by Crippen LogP contribution is 2.66. The molecule has 8 bridgehead atoms. The van der Waals surface area contributed by atoms with Crippen LogP contribution in [0, 0.1) is 46.3 Å². The first kappa shape index (κ1) is 33.9. The number of alkyl halides is 4. The third kappa shape index (κ3) is 6.28. The van der Waals surface area contributed by atoms with Gasteiger partial charge in [-0.15, -0.1) is 0 Å². The predicted molar refractivity (Wildman–Crippen MR) is 155 cm³/mol. The van der Waals surface area contributed by atoms with Crippen molar-refractivity contribution >= 4 is 11.9 Å². The minimum Gasteiger partial charge on any atom is -0.459 e. The monoisotopic (exact) mass is 632 g/mol. The van der Waals surface area contributed by atoms with Gasteiger partial charge in [-0.25, -0.2) is 17.6 Å². The van der Waals surface area contributed by atoms with Gasteiger partial charge in [0.2, 0.25) is 0 Å². The Kier molecular flexibility index (Phi) is 9.00. The quantitative estimate of drug-likeness (QED) is 0.198. The van der Waals surface area contributed by atoms with Gasteiger partial charge in [0.05, 0.1) is 22.0 Å². The lowest BCUT2D eigenvalue weighted by molar-refractivity contribution is -0.220. The lowest BCUT2D eigenvalue weighted by Gasteiger charge is -2.62. The van der Waals surface area contributed by atoms with E-state index in [4.69, 9.17) is 9.47 Å². The first-order valence-electron chi connectivity index (χ1n) is 16.9. The Morgan fingerprint density at radius 2 is 1.05 bits per heavy atom. The number of hydrogen-bond donors (Lipinski definition) is 2. The van der Waals surface area contributed by atoms with Gasteiger partial charge in [-0.05, 0) is 113 Å². The fourth-order valence-corrected chi connectivity index (χ4v) is 10.8. The molecule has 10 heteroatoms. The van der Waals surface area contributed by atoms with Gasteiger partial charge in [0.1, 0.15) is 0 Å². The zero-order chi connectivity index (χ0) is 32.3. The summed E-state index contributed by atoms with van der Waals surface area (Å²) in [7, 11) is 0. The van der Waals surface area contributed by atoms with E-state index in [-0.39, 0.29) is 23.7 Å². The molecule has 4 atom stereocenters. The molecule has 252 valence electrons. The molecule has 6 nitrogen and oxygen atoms in total. The van der Waals surface area contributed by atoms with Crippen LogP contribution in [0.5, 0.6) is 0 Å². The van der Waals surface area contributed by atoms with E-state index >= 15 is 0 Å². The number of hydrogen-bond acceptors (Lipinski definition) is 6. The summed E-state index contributed by atoms with van der Waals surface area (Å²) < 4.78 is 61.7. The van der Waals surface area contributed by atoms with Crippen molar-refractivity contribution in [3.05, 3.63) is 0 Å². The summed E-state index contributed by atoms with van der Waals surface area (Å²) in [5.41, 5.74) is -2.58. The minimum absolute atomic E-state index is 0.114. The van der Waals surface area contributed by atoms with Gasteiger partial charge in [0, 0.05) is 13.8 Å². The highest BCUT2D eigenvalue weighted by molar-refractivity contribution is 5.78. The number of unbranched alkanes of at least 4 members (excludes halogenated alkanes) is 1. The fraction of sp³-hybridized carbons (Fsp3) is 0.941. The van der Waals surface area contributed by atoms with Crippen molar-refractivity contribution < 1.29 is 46.8 Å². The number of esters is 2. The molecule has 8 aliphatic rings. The molecule has 0 aromatic heterocycles. The van der Waals surface area contributed by atoms with Crippen molar-refractivity contribution in [3.63, 3.8) is 0 Å². The molecule has 2 N–H and O–H groups in total. The number of carbonyl (C=O) groups is 2. The topological polar surface area (TPSA) is 93.1 Å². The Morgan fingerprint density at radius 1 is 0.682 bits per heavy atom. The van der Waals surface area contributed by atoms with E-state index in [0.717, 1.165) is 71.6 Å². The van der Waals surface area contributed by atoms with Gasteiger partial charge in [-0.3, -0.25) is 9.59 Å². The summed E-state index contributed by atoms with van der Waals surface area (Å²) in [6.45, 7) is 3.95. The molecule has 0 aliphatic heterocycles. The molecule has 8 fully saturated rings. The molecule has 4 unspecified atom stereocenters. The van der Waals surface area contributed by atoms with Gasteiger partial charge < -0.3 is 19.7 Å². The van der Waals surface area contributed by atoms with Gasteiger partial charge in [0.25, 0.3) is 11.8 Å². The maximum absolute atomic E-state index is 13.0. The van der Waals surface area contributed by atoms with Crippen molar-refractivity contribution in [1.82, 2.24) is 0 Å². The van der Waals surface area contributed by atoms with E-state index in [1.807, 2.05) is 6.92 Å². The Labute approximate surface area is 259 Å². The van der Waals surface area contributed by atoms with Crippen molar-refractivity contribution in [1.29, 1.82) is 0 Å². The zero-order valence-electron chi connectivity index (χ0n) is 26.8. The maximum atomic E-state index is 13.0. The van der Waals surface area contributed by atoms with E-state index < -0.39 is 59.0 Å². The van der Waals surface area contributed by atoms with Crippen LogP contribution in [0.3, 0.4) is 0 Å². The summed E-state index contributed by atoms with van der Waals surface area (Å²) >= 11 is 0. The number of rotatable bonds is 10. The minimum atomic E-state index is -2.99. The van der Waals surface area contributed by atoms with Crippen LogP contribution in [0.1, 0.15) is 118 Å². The van der Waals surface area contributed by atoms with E-state index in [0.29, 0.717) is 43.9 Å². The average molecular weight is 633 g/mol. The van der Waals surface area contributed by atoms with Crippen LogP contribution in [0.4, 0.5) is 17.6 Å². The van der Waals surface area contributed by atoms with E-state index in [9.17, 15) is 37.4 Å². The third-order valence-electron chi connectivity index (χ3n) is 12.5. The number of ether oxygens (including phenoxy) is 2. The van der Waals surface area contributed by atoms with Gasteiger partial charge in [-0.1, -0.05) is 26.7 Å². The second-order valence-electron chi connectivity index (χ2n) is 16.0. The Morgan fingerprint density at radius 3 is 1.36 bits per heavy atom. The summed E-state index contributed by atoms with van der Waals surface area (Å²) in [5.74, 6) is -5.57. The summed E-state index contributed by atoms with van der Waals surface area (Å²) in [6.07, 6.45) is 11.3. The highest BCUT2D eigenvalue weighted by Gasteiger charge is 2.65. The highest BCUT2D eigenvalue weighted by atomic mass is 19.3. The van der Waals surface area contributed by atoms with Gasteiger partial charge >= 0.3 is 11.9 Å². The molecule has 0 amide bonds. The van der Waals surface area contributed by atoms with Crippen LogP contribution in [-0.2, 0) is 19.1 Å². The predicted octanol–water partition coefficient (Wildman–Crippen LogP) is 7.08. The molecule has 8 rings (SSSR count). The van der Waals surface area contributed by atoms with E-state index in [1.165, 1.54) is 0 Å². The molecule has 0 heterocycles. The summed E-state index contributed by atoms with van der Waals surface area (Å²) in [4.78, 5) is 24.9. The van der Waals surface area contributed by atoms with Crippen LogP contribution < -0.4 is 0 Å². The lowest BCUT2D eigenvalue weighted by Crippen LogP contribution is -2.63. The number of carbonyl (C=O) groups excluding carboxylic acids is 2. The number of halogens is 4. The van der Waals surface area contributed by atoms with Crippen molar-refractivity contribution in [2.75, 3.05) is 13.2 Å². The lowest BCUT2D eigenvalue weighted by atomic mass is 9.44. The summed E-state index contributed by atoms with van der Waals surface area (Å²) in [5, 5.41) is 22.1. The first-order chi connectivity index (χ1) is 20.4. The van der Waals surface area contributed by atoms with Crippen LogP contribution in [0.15, 0.2) is 0 Å². The van der Waals surface area contributed by atoms with Crippen molar-refractivity contribution in [2.24, 2.45) is 46.3 Å². The average Bonchev–Trinajstić information content (AvgIpc) is 2.93. The first-order valence-corrected chi connectivity index (χ1v) is 16.9. The molecule has 0 saturated heterocycles. The second kappa shape index (κ2) is 11.7. The molecule has 0 radical (unpaired) electrons. The normalized spacial score (nSPS) is 43.4. The summed E-state index contributed by atoms with van der Waals surface area (Å²) in [6, 6.07) is 0. The second-order valence-corrected chi connectivity index (χ2v) is 16.0. The van der Waals surface area contributed by atoms with Gasteiger partial charge in [-0.2, -0.15) is 0 Å². The molecular formula is C34H52F4O6. The third-order valence-corrected chi connectivity index (χ3v) is 12.5. The SMILES string of the molecule is CCC1(O)C2CC3CC1CC(C(=O)OCC(C)(F)F)(C3)C2.CCCCC1(O)C2CC3CC1CC(C(=O)OCC(C)(F)F)(C3)C2. The van der Waals surface area contributed by atoms with Gasteiger partial charge in [0.15, 0.2) is 13.2 Å². The Hall–Kier alpha value is -1.42. The molecule has 8 saturated carbocycles. The molecular weight excluding hydrogens is 580 g/mol. The zero-order valence-corrected chi connectivity index (χ0v) is 26.8. The smallest absolute Gasteiger partial charge is 0.312 e. The number of aliphatic hydroxyl groups is 2. The molecule has 0 aromatic carbocycles. The molecule has 44 heavy (non-hydrogen) atoms. The molecule has 0 aromatic rings. The van der Waals surface area contributed by atoms with Crippen LogP contribution >= 0.6 is 0 Å². The maximum Gasteiger partial charge on any atom is 0.312 e. The van der Waals surface area contributed by atoms with Crippen molar-refractivity contribution in [2.45, 2.75) is 141 Å². The Balaban J connectivity index is 0.000000175. The van der Waals surface area contributed by atoms with Crippen LogP contribution in [0.2, 0.25) is 0 Å². The fourth-order valence-electron chi connectivity index (χ4n) is 10.8. The standard InChI is InChI=1S/C18H28F2O3.C16H24F2O3/c1-3-4-5-18(22)13-6-12-7-14(18)10-17(8-12,9-13)15(21)23-11-16(2,19)20;1-3-16(20)11-4-10-5-12(16)8-15(6-10,7-11)13(19)21-9-14(2,17)18/h12-14,22H,3-11H2,1-2H3;10-12,20H,3-9H2,1-2H3. The van der Waals surface area contributed by atoms with E-state index in [2.05, 4.69) is 6.92 Å². The molecule has 8 aliphatic carbocycles. The Bertz CT molecular complexity index is 1050.